The van der Waals surface area contributed by atoms with Gasteiger partial charge < -0.3 is 19.7 Å². The largest absolute Gasteiger partial charge is 0.457 e. The molecule has 8 rings (SSSR count). The summed E-state index contributed by atoms with van der Waals surface area (Å²) < 4.78 is 12.2. The molecule has 0 radical (unpaired) electrons. The van der Waals surface area contributed by atoms with E-state index in [1.165, 1.54) is 16.7 Å². The average Bonchev–Trinajstić information content (AvgIpc) is 3.59. The van der Waals surface area contributed by atoms with E-state index >= 15 is 0 Å². The second-order valence-electron chi connectivity index (χ2n) is 11.2. The molecule has 0 saturated carbocycles. The number of hydrogen-bond donors (Lipinski definition) is 1. The lowest BCUT2D eigenvalue weighted by Gasteiger charge is -2.17. The molecule has 1 N–H and O–H groups in total. The highest BCUT2D eigenvalue weighted by molar-refractivity contribution is 6.31. The van der Waals surface area contributed by atoms with E-state index in [9.17, 15) is 4.79 Å². The molecule has 2 fully saturated rings. The summed E-state index contributed by atoms with van der Waals surface area (Å²) in [5.41, 5.74) is 4.78. The molecule has 5 nitrogen and oxygen atoms in total. The SMILES string of the molecule is CC(=O)N1C[C@H]2c3ccccc3Oc3ccc(Cl)cc3[C@@H]2C1.Clc1ccc2c(c1)[C@@H]1CNC[C@H]1c1ccccc1O2. The van der Waals surface area contributed by atoms with Crippen LogP contribution in [-0.4, -0.2) is 37.0 Å². The smallest absolute Gasteiger partial charge is 0.219 e. The van der Waals surface area contributed by atoms with E-state index in [1.54, 1.807) is 6.92 Å². The predicted molar refractivity (Wildman–Crippen MR) is 162 cm³/mol. The quantitative estimate of drug-likeness (QED) is 0.227. The number of carbonyl (C=O) groups excluding carboxylic acids is 1. The van der Waals surface area contributed by atoms with E-state index in [0.717, 1.165) is 53.2 Å². The van der Waals surface area contributed by atoms with Crippen molar-refractivity contribution >= 4 is 29.1 Å². The molecule has 0 spiro atoms. The summed E-state index contributed by atoms with van der Waals surface area (Å²) in [5.74, 6) is 5.14. The number of para-hydroxylation sites is 2. The highest BCUT2D eigenvalue weighted by Crippen LogP contribution is 2.50. The first kappa shape index (κ1) is 26.4. The van der Waals surface area contributed by atoms with Gasteiger partial charge in [-0.25, -0.2) is 0 Å². The second-order valence-corrected chi connectivity index (χ2v) is 12.0. The number of rotatable bonds is 0. The minimum absolute atomic E-state index is 0.120. The van der Waals surface area contributed by atoms with E-state index in [-0.39, 0.29) is 17.7 Å². The van der Waals surface area contributed by atoms with Crippen LogP contribution in [0.3, 0.4) is 0 Å². The number of nitrogens with zero attached hydrogens (tertiary/aromatic N) is 1. The van der Waals surface area contributed by atoms with Gasteiger partial charge in [0.25, 0.3) is 0 Å². The first-order chi connectivity index (χ1) is 20.0. The molecular weight excluding hydrogens is 555 g/mol. The molecule has 4 aliphatic heterocycles. The van der Waals surface area contributed by atoms with Crippen molar-refractivity contribution in [3.05, 3.63) is 117 Å². The molecule has 4 atom stereocenters. The predicted octanol–water partition coefficient (Wildman–Crippen LogP) is 8.09. The van der Waals surface area contributed by atoms with Crippen LogP contribution in [0.4, 0.5) is 0 Å². The lowest BCUT2D eigenvalue weighted by Crippen LogP contribution is -2.26. The maximum atomic E-state index is 11.8. The Balaban J connectivity index is 0.000000136. The average molecular weight is 586 g/mol. The van der Waals surface area contributed by atoms with Crippen LogP contribution in [0.25, 0.3) is 0 Å². The molecule has 0 bridgehead atoms. The van der Waals surface area contributed by atoms with Crippen LogP contribution in [0.15, 0.2) is 84.9 Å². The van der Waals surface area contributed by atoms with Crippen LogP contribution in [0.2, 0.25) is 10.0 Å². The number of hydrogen-bond acceptors (Lipinski definition) is 4. The fourth-order valence-electron chi connectivity index (χ4n) is 6.82. The molecule has 4 aromatic rings. The Morgan fingerprint density at radius 1 is 0.659 bits per heavy atom. The summed E-state index contributed by atoms with van der Waals surface area (Å²) in [6.07, 6.45) is 0. The highest BCUT2D eigenvalue weighted by Gasteiger charge is 2.41. The van der Waals surface area contributed by atoms with Crippen LogP contribution in [0.5, 0.6) is 23.0 Å². The van der Waals surface area contributed by atoms with E-state index in [1.807, 2.05) is 65.6 Å². The van der Waals surface area contributed by atoms with Gasteiger partial charge in [-0.1, -0.05) is 59.6 Å². The number of fused-ring (bicyclic) bond motifs is 10. The van der Waals surface area contributed by atoms with Gasteiger partial charge in [0.1, 0.15) is 23.0 Å². The van der Waals surface area contributed by atoms with E-state index in [2.05, 4.69) is 29.6 Å². The molecule has 1 amide bonds. The summed E-state index contributed by atoms with van der Waals surface area (Å²) in [6.45, 7) is 5.05. The van der Waals surface area contributed by atoms with Gasteiger partial charge in [-0.15, -0.1) is 0 Å². The van der Waals surface area contributed by atoms with Gasteiger partial charge in [0, 0.05) is 83.5 Å². The van der Waals surface area contributed by atoms with Crippen LogP contribution in [-0.2, 0) is 4.79 Å². The Kier molecular flexibility index (Phi) is 6.90. The van der Waals surface area contributed by atoms with Crippen molar-refractivity contribution in [2.45, 2.75) is 30.6 Å². The maximum absolute atomic E-state index is 11.8. The monoisotopic (exact) mass is 584 g/mol. The minimum Gasteiger partial charge on any atom is -0.457 e. The molecule has 208 valence electrons. The van der Waals surface area contributed by atoms with Crippen molar-refractivity contribution in [3.63, 3.8) is 0 Å². The molecule has 2 saturated heterocycles. The number of amides is 1. The standard InChI is InChI=1S/C18H16ClNO2.C16H14ClNO/c1-11(21)20-9-15-13-4-2-3-5-17(13)22-18-7-6-12(19)8-14(18)16(15)10-20;17-10-5-6-16-12(7-10)14-9-18-8-13(14)11-3-1-2-4-15(11)19-16/h2-8,15-16H,9-10H2,1H3;1-7,13-14,18H,8-9H2/t15-,16-;13-,14-/m00/s1. The third-order valence-corrected chi connectivity index (χ3v) is 9.27. The number of ether oxygens (including phenoxy) is 2. The molecule has 0 aliphatic carbocycles. The van der Waals surface area contributed by atoms with Crippen molar-refractivity contribution in [2.75, 3.05) is 26.2 Å². The fourth-order valence-corrected chi connectivity index (χ4v) is 7.19. The molecule has 4 heterocycles. The number of benzene rings is 4. The van der Waals surface area contributed by atoms with E-state index in [4.69, 9.17) is 32.7 Å². The molecular formula is C34H30Cl2N2O3. The van der Waals surface area contributed by atoms with Crippen molar-refractivity contribution in [2.24, 2.45) is 0 Å². The van der Waals surface area contributed by atoms with Crippen LogP contribution in [0.1, 0.15) is 52.8 Å². The topological polar surface area (TPSA) is 50.8 Å². The first-order valence-corrected chi connectivity index (χ1v) is 14.8. The molecule has 0 aromatic heterocycles. The summed E-state index contributed by atoms with van der Waals surface area (Å²) in [7, 11) is 0. The van der Waals surface area contributed by atoms with E-state index < -0.39 is 0 Å². The Hall–Kier alpha value is -3.51. The minimum atomic E-state index is 0.120. The van der Waals surface area contributed by atoms with Gasteiger partial charge in [-0.3, -0.25) is 4.79 Å². The van der Waals surface area contributed by atoms with Crippen molar-refractivity contribution in [1.29, 1.82) is 0 Å². The maximum Gasteiger partial charge on any atom is 0.219 e. The van der Waals surface area contributed by atoms with Gasteiger partial charge in [-0.2, -0.15) is 0 Å². The van der Waals surface area contributed by atoms with Gasteiger partial charge in [0.05, 0.1) is 0 Å². The fraction of sp³-hybridized carbons (Fsp3) is 0.265. The molecule has 41 heavy (non-hydrogen) atoms. The van der Waals surface area contributed by atoms with Crippen LogP contribution < -0.4 is 14.8 Å². The van der Waals surface area contributed by atoms with Crippen LogP contribution >= 0.6 is 23.2 Å². The normalized spacial score (nSPS) is 23.0. The highest BCUT2D eigenvalue weighted by atomic mass is 35.5. The molecule has 4 aromatic carbocycles. The Bertz CT molecular complexity index is 1640. The van der Waals surface area contributed by atoms with E-state index in [0.29, 0.717) is 23.4 Å². The molecule has 4 aliphatic rings. The Morgan fingerprint density at radius 3 is 1.66 bits per heavy atom. The summed E-state index contributed by atoms with van der Waals surface area (Å²) >= 11 is 12.4. The van der Waals surface area contributed by atoms with Crippen molar-refractivity contribution in [1.82, 2.24) is 10.2 Å². The molecule has 0 unspecified atom stereocenters. The summed E-state index contributed by atoms with van der Waals surface area (Å²) in [5, 5.41) is 4.97. The van der Waals surface area contributed by atoms with Crippen molar-refractivity contribution in [3.8, 4) is 23.0 Å². The third-order valence-electron chi connectivity index (χ3n) is 8.80. The zero-order valence-corrected chi connectivity index (χ0v) is 24.2. The Morgan fingerprint density at radius 2 is 1.10 bits per heavy atom. The summed E-state index contributed by atoms with van der Waals surface area (Å²) in [6, 6.07) is 28.1. The zero-order chi connectivity index (χ0) is 28.1. The number of carbonyl (C=O) groups is 1. The molecule has 7 heteroatoms. The van der Waals surface area contributed by atoms with Gasteiger partial charge >= 0.3 is 0 Å². The van der Waals surface area contributed by atoms with Crippen LogP contribution in [0, 0.1) is 0 Å². The Labute approximate surface area is 250 Å². The lowest BCUT2D eigenvalue weighted by atomic mass is 9.84. The van der Waals surface area contributed by atoms with Gasteiger partial charge in [0.2, 0.25) is 5.91 Å². The van der Waals surface area contributed by atoms with Crippen molar-refractivity contribution < 1.29 is 14.3 Å². The third kappa shape index (κ3) is 4.86. The first-order valence-electron chi connectivity index (χ1n) is 14.0. The summed E-state index contributed by atoms with van der Waals surface area (Å²) in [4.78, 5) is 13.8. The van der Waals surface area contributed by atoms with Gasteiger partial charge in [-0.05, 0) is 54.1 Å². The second kappa shape index (κ2) is 10.7. The zero-order valence-electron chi connectivity index (χ0n) is 22.6. The lowest BCUT2D eigenvalue weighted by molar-refractivity contribution is -0.127. The number of halogens is 2. The number of likely N-dealkylation sites (tertiary alicyclic amines) is 1. The van der Waals surface area contributed by atoms with Gasteiger partial charge in [0.15, 0.2) is 0 Å². The number of nitrogens with one attached hydrogen (secondary N) is 1.